The van der Waals surface area contributed by atoms with Crippen molar-refractivity contribution in [3.63, 3.8) is 0 Å². The fourth-order valence-corrected chi connectivity index (χ4v) is 3.16. The number of hydrogen-bond donors (Lipinski definition) is 0. The van der Waals surface area contributed by atoms with E-state index in [9.17, 15) is 4.79 Å². The Morgan fingerprint density at radius 2 is 1.76 bits per heavy atom. The van der Waals surface area contributed by atoms with Crippen molar-refractivity contribution >= 4 is 17.7 Å². The molecule has 2 heterocycles. The van der Waals surface area contributed by atoms with Crippen LogP contribution in [-0.2, 0) is 4.79 Å². The number of carbonyl (C=O) groups is 1. The number of carbonyl (C=O) groups excluding carboxylic acids is 1. The lowest BCUT2D eigenvalue weighted by molar-refractivity contribution is -0.135. The molecule has 1 saturated heterocycles. The van der Waals surface area contributed by atoms with Gasteiger partial charge in [-0.2, -0.15) is 11.8 Å². The van der Waals surface area contributed by atoms with Gasteiger partial charge in [-0.25, -0.2) is 0 Å². The van der Waals surface area contributed by atoms with E-state index in [1.54, 1.807) is 0 Å². The van der Waals surface area contributed by atoms with Gasteiger partial charge in [-0.15, -0.1) is 0 Å². The molecule has 0 unspecified atom stereocenters. The number of amides is 1. The minimum atomic E-state index is -0.0481. The highest BCUT2D eigenvalue weighted by Crippen LogP contribution is 2.22. The first-order chi connectivity index (χ1) is 8.20. The van der Waals surface area contributed by atoms with Gasteiger partial charge in [0.15, 0.2) is 0 Å². The molecule has 1 aliphatic heterocycles. The molecule has 1 fully saturated rings. The molecule has 0 radical (unpaired) electrons. The highest BCUT2D eigenvalue weighted by molar-refractivity contribution is 7.99. The monoisotopic (exact) mass is 252 g/mol. The molecule has 1 aromatic rings. The molecule has 3 nitrogen and oxygen atoms in total. The van der Waals surface area contributed by atoms with Crippen LogP contribution in [-0.4, -0.2) is 40.0 Å². The Bertz CT molecular complexity index is 356. The van der Waals surface area contributed by atoms with Gasteiger partial charge in [0.25, 0.3) is 0 Å². The lowest BCUT2D eigenvalue weighted by Crippen LogP contribution is -2.43. The molecule has 2 rings (SSSR count). The summed E-state index contributed by atoms with van der Waals surface area (Å²) in [5.41, 5.74) is 0. The Hall–Kier alpha value is -0.900. The average molecular weight is 252 g/mol. The van der Waals surface area contributed by atoms with Gasteiger partial charge < -0.3 is 9.47 Å². The fourth-order valence-electron chi connectivity index (χ4n) is 2.26. The van der Waals surface area contributed by atoms with Gasteiger partial charge in [0.2, 0.25) is 5.91 Å². The van der Waals surface area contributed by atoms with E-state index in [1.165, 1.54) is 0 Å². The van der Waals surface area contributed by atoms with Crippen molar-refractivity contribution in [1.82, 2.24) is 9.47 Å². The maximum absolute atomic E-state index is 12.5. The van der Waals surface area contributed by atoms with Crippen molar-refractivity contribution in [3.05, 3.63) is 24.5 Å². The van der Waals surface area contributed by atoms with Crippen molar-refractivity contribution in [2.75, 3.05) is 24.6 Å². The molecule has 1 aliphatic rings. The smallest absolute Gasteiger partial charge is 0.245 e. The van der Waals surface area contributed by atoms with Gasteiger partial charge >= 0.3 is 0 Å². The van der Waals surface area contributed by atoms with Crippen LogP contribution in [0.15, 0.2) is 24.5 Å². The van der Waals surface area contributed by atoms with Gasteiger partial charge in [0, 0.05) is 37.0 Å². The molecule has 1 amide bonds. The van der Waals surface area contributed by atoms with Gasteiger partial charge in [-0.05, 0) is 18.1 Å². The number of nitrogens with zero attached hydrogens (tertiary/aromatic N) is 2. The lowest BCUT2D eigenvalue weighted by atomic mass is 10.0. The molecule has 0 aromatic carbocycles. The van der Waals surface area contributed by atoms with E-state index in [-0.39, 0.29) is 11.9 Å². The predicted molar refractivity (Wildman–Crippen MR) is 72.2 cm³/mol. The minimum absolute atomic E-state index is 0.0481. The largest absolute Gasteiger partial charge is 0.342 e. The molecular formula is C13H20N2OS. The lowest BCUT2D eigenvalue weighted by Gasteiger charge is -2.32. The second-order valence-electron chi connectivity index (χ2n) is 4.76. The van der Waals surface area contributed by atoms with E-state index in [4.69, 9.17) is 0 Å². The second-order valence-corrected chi connectivity index (χ2v) is 5.98. The molecule has 94 valence electrons. The molecule has 0 saturated carbocycles. The van der Waals surface area contributed by atoms with Gasteiger partial charge in [0.1, 0.15) is 6.04 Å². The maximum Gasteiger partial charge on any atom is 0.245 e. The third-order valence-electron chi connectivity index (χ3n) is 3.16. The molecule has 0 bridgehead atoms. The van der Waals surface area contributed by atoms with Crippen LogP contribution >= 0.6 is 11.8 Å². The topological polar surface area (TPSA) is 25.2 Å². The summed E-state index contributed by atoms with van der Waals surface area (Å²) in [6.07, 6.45) is 3.97. The first-order valence-electron chi connectivity index (χ1n) is 6.19. The zero-order chi connectivity index (χ0) is 12.3. The van der Waals surface area contributed by atoms with Crippen LogP contribution in [0.2, 0.25) is 0 Å². The van der Waals surface area contributed by atoms with Gasteiger partial charge in [-0.1, -0.05) is 13.8 Å². The molecule has 1 atom stereocenters. The third-order valence-corrected chi connectivity index (χ3v) is 4.10. The number of aromatic nitrogens is 1. The van der Waals surface area contributed by atoms with E-state index >= 15 is 0 Å². The average Bonchev–Trinajstić information content (AvgIpc) is 2.83. The summed E-state index contributed by atoms with van der Waals surface area (Å²) in [4.78, 5) is 14.5. The highest BCUT2D eigenvalue weighted by atomic mass is 32.2. The minimum Gasteiger partial charge on any atom is -0.342 e. The summed E-state index contributed by atoms with van der Waals surface area (Å²) in [7, 11) is 0. The Balaban J connectivity index is 2.13. The van der Waals surface area contributed by atoms with Gasteiger partial charge in [0.05, 0.1) is 0 Å². The van der Waals surface area contributed by atoms with Crippen LogP contribution in [0.5, 0.6) is 0 Å². The summed E-state index contributed by atoms with van der Waals surface area (Å²) >= 11 is 1.93. The molecule has 17 heavy (non-hydrogen) atoms. The van der Waals surface area contributed by atoms with Crippen molar-refractivity contribution in [2.45, 2.75) is 19.9 Å². The van der Waals surface area contributed by atoms with E-state index in [2.05, 4.69) is 13.8 Å². The molecule has 1 aromatic heterocycles. The zero-order valence-corrected chi connectivity index (χ0v) is 11.3. The van der Waals surface area contributed by atoms with Crippen LogP contribution in [0.4, 0.5) is 0 Å². The fraction of sp³-hybridized carbons (Fsp3) is 0.615. The summed E-state index contributed by atoms with van der Waals surface area (Å²) in [5.74, 6) is 2.74. The zero-order valence-electron chi connectivity index (χ0n) is 10.5. The van der Waals surface area contributed by atoms with Crippen LogP contribution in [0, 0.1) is 5.92 Å². The summed E-state index contributed by atoms with van der Waals surface area (Å²) in [5, 5.41) is 0. The molecule has 0 aliphatic carbocycles. The number of thioether (sulfide) groups is 1. The van der Waals surface area contributed by atoms with E-state index in [1.807, 2.05) is 45.8 Å². The first-order valence-corrected chi connectivity index (χ1v) is 7.34. The second kappa shape index (κ2) is 5.63. The van der Waals surface area contributed by atoms with Gasteiger partial charge in [-0.3, -0.25) is 4.79 Å². The van der Waals surface area contributed by atoms with Crippen molar-refractivity contribution in [3.8, 4) is 0 Å². The molecule has 4 heteroatoms. The van der Waals surface area contributed by atoms with Crippen LogP contribution < -0.4 is 0 Å². The Labute approximate surface area is 107 Å². The van der Waals surface area contributed by atoms with Crippen LogP contribution in [0.1, 0.15) is 19.9 Å². The Morgan fingerprint density at radius 3 is 2.29 bits per heavy atom. The highest BCUT2D eigenvalue weighted by Gasteiger charge is 2.28. The molecular weight excluding hydrogens is 232 g/mol. The molecule has 0 spiro atoms. The first kappa shape index (κ1) is 12.6. The van der Waals surface area contributed by atoms with E-state index < -0.39 is 0 Å². The maximum atomic E-state index is 12.5. The van der Waals surface area contributed by atoms with Crippen molar-refractivity contribution in [2.24, 2.45) is 5.92 Å². The van der Waals surface area contributed by atoms with Crippen LogP contribution in [0.3, 0.4) is 0 Å². The van der Waals surface area contributed by atoms with E-state index in [0.29, 0.717) is 5.92 Å². The van der Waals surface area contributed by atoms with Crippen molar-refractivity contribution < 1.29 is 4.79 Å². The number of rotatable bonds is 3. The van der Waals surface area contributed by atoms with E-state index in [0.717, 1.165) is 24.6 Å². The normalized spacial score (nSPS) is 18.4. The predicted octanol–water partition coefficient (Wildman–Crippen LogP) is 2.26. The van der Waals surface area contributed by atoms with Crippen LogP contribution in [0.25, 0.3) is 0 Å². The van der Waals surface area contributed by atoms with Crippen molar-refractivity contribution in [1.29, 1.82) is 0 Å². The Kier molecular flexibility index (Phi) is 4.15. The summed E-state index contributed by atoms with van der Waals surface area (Å²) in [6, 6.07) is 3.91. The standard InChI is InChI=1S/C13H20N2OS/c1-11(2)12(14-5-3-4-6-14)13(16)15-7-9-17-10-8-15/h3-6,11-12H,7-10H2,1-2H3/t12-/m0/s1. The summed E-state index contributed by atoms with van der Waals surface area (Å²) < 4.78 is 2.04. The third kappa shape index (κ3) is 2.86. The Morgan fingerprint density at radius 1 is 1.18 bits per heavy atom. The quantitative estimate of drug-likeness (QED) is 0.824. The molecule has 0 N–H and O–H groups in total. The SMILES string of the molecule is CC(C)[C@@H](C(=O)N1CCSCC1)n1cccc1. The number of hydrogen-bond acceptors (Lipinski definition) is 2. The summed E-state index contributed by atoms with van der Waals surface area (Å²) in [6.45, 7) is 6.02.